The van der Waals surface area contributed by atoms with Crippen LogP contribution in [0.2, 0.25) is 5.02 Å². The first-order valence-electron chi connectivity index (χ1n) is 11.0. The molecule has 1 fully saturated rings. The van der Waals surface area contributed by atoms with Crippen LogP contribution in [-0.4, -0.2) is 28.9 Å². The van der Waals surface area contributed by atoms with Gasteiger partial charge in [0, 0.05) is 18.2 Å². The lowest BCUT2D eigenvalue weighted by Crippen LogP contribution is -2.17. The number of nitrogen functional groups attached to an aromatic ring is 1. The highest BCUT2D eigenvalue weighted by atomic mass is 35.5. The summed E-state index contributed by atoms with van der Waals surface area (Å²) < 4.78 is 15.2. The molecule has 2 aromatic carbocycles. The maximum absolute atomic E-state index is 13.2. The molecule has 3 aromatic rings. The van der Waals surface area contributed by atoms with E-state index in [1.807, 2.05) is 35.8 Å². The number of hydrogen-bond donors (Lipinski definition) is 3. The fourth-order valence-corrected chi connectivity index (χ4v) is 4.22. The molecule has 2 atom stereocenters. The van der Waals surface area contributed by atoms with Gasteiger partial charge in [-0.3, -0.25) is 0 Å². The van der Waals surface area contributed by atoms with E-state index in [0.717, 1.165) is 43.0 Å². The number of anilines is 1. The molecular formula is C25H28ClFN6. The van der Waals surface area contributed by atoms with E-state index in [9.17, 15) is 4.39 Å². The average molecular weight is 467 g/mol. The van der Waals surface area contributed by atoms with Gasteiger partial charge >= 0.3 is 0 Å². The molecule has 1 aliphatic rings. The third-order valence-electron chi connectivity index (χ3n) is 5.85. The summed E-state index contributed by atoms with van der Waals surface area (Å²) >= 11 is 6.47. The van der Waals surface area contributed by atoms with Crippen molar-refractivity contribution in [3.05, 3.63) is 83.0 Å². The zero-order chi connectivity index (χ0) is 23.4. The molecule has 8 heteroatoms. The Balaban J connectivity index is 1.56. The van der Waals surface area contributed by atoms with Gasteiger partial charge in [0.15, 0.2) is 0 Å². The average Bonchev–Trinajstić information content (AvgIpc) is 3.42. The van der Waals surface area contributed by atoms with E-state index in [0.29, 0.717) is 28.3 Å². The molecule has 4 N–H and O–H groups in total. The highest BCUT2D eigenvalue weighted by molar-refractivity contribution is 6.33. The number of aromatic nitrogens is 2. The molecule has 1 aliphatic heterocycles. The molecule has 0 radical (unpaired) electrons. The van der Waals surface area contributed by atoms with Crippen LogP contribution in [0.3, 0.4) is 0 Å². The highest BCUT2D eigenvalue weighted by Gasteiger charge is 2.22. The van der Waals surface area contributed by atoms with Crippen molar-refractivity contribution >= 4 is 23.6 Å². The van der Waals surface area contributed by atoms with Crippen molar-refractivity contribution < 1.29 is 4.39 Å². The van der Waals surface area contributed by atoms with E-state index in [2.05, 4.69) is 22.2 Å². The van der Waals surface area contributed by atoms with Crippen LogP contribution in [0.15, 0.2) is 65.9 Å². The Kier molecular flexibility index (Phi) is 7.11. The maximum Gasteiger partial charge on any atom is 0.143 e. The van der Waals surface area contributed by atoms with Crippen LogP contribution >= 0.6 is 11.6 Å². The largest absolute Gasteiger partial charge is 0.383 e. The van der Waals surface area contributed by atoms with Gasteiger partial charge in [0.2, 0.25) is 0 Å². The van der Waals surface area contributed by atoms with E-state index in [-0.39, 0.29) is 11.9 Å². The minimum absolute atomic E-state index is 0.0845. The highest BCUT2D eigenvalue weighted by Crippen LogP contribution is 2.31. The predicted octanol–water partition coefficient (Wildman–Crippen LogP) is 4.78. The zero-order valence-corrected chi connectivity index (χ0v) is 19.3. The van der Waals surface area contributed by atoms with Crippen LogP contribution in [0.5, 0.6) is 0 Å². The van der Waals surface area contributed by atoms with Crippen molar-refractivity contribution in [1.82, 2.24) is 20.2 Å². The number of rotatable bonds is 8. The number of benzene rings is 2. The van der Waals surface area contributed by atoms with E-state index in [1.54, 1.807) is 18.3 Å². The number of nitrogens with zero attached hydrogens (tertiary/aromatic N) is 3. The standard InChI is InChI=1S/C25H28ClFN6/c1-16(19-7-9-20(27)10-8-19)31-17(2)30-14-23-24(28)33(15-18-11-12-29-13-18)25(32-23)21-5-3-4-6-22(21)26/h3-10,14,16,18,29,31H,2,11-13,15,28H2,1H3. The van der Waals surface area contributed by atoms with Crippen molar-refractivity contribution in [2.75, 3.05) is 18.8 Å². The summed E-state index contributed by atoms with van der Waals surface area (Å²) in [7, 11) is 0. The van der Waals surface area contributed by atoms with E-state index < -0.39 is 0 Å². The van der Waals surface area contributed by atoms with Crippen molar-refractivity contribution in [1.29, 1.82) is 0 Å². The number of nitrogens with two attached hydrogens (primary N) is 1. The molecule has 1 aromatic heterocycles. The minimum atomic E-state index is -0.267. The van der Waals surface area contributed by atoms with Crippen LogP contribution in [0.4, 0.5) is 10.2 Å². The molecule has 0 aliphatic carbocycles. The van der Waals surface area contributed by atoms with E-state index >= 15 is 0 Å². The Morgan fingerprint density at radius 1 is 1.36 bits per heavy atom. The zero-order valence-electron chi connectivity index (χ0n) is 18.6. The second-order valence-corrected chi connectivity index (χ2v) is 8.68. The summed E-state index contributed by atoms with van der Waals surface area (Å²) in [5.74, 6) is 1.93. The lowest BCUT2D eigenvalue weighted by molar-refractivity contribution is 0.488. The first-order chi connectivity index (χ1) is 15.9. The first-order valence-corrected chi connectivity index (χ1v) is 11.4. The van der Waals surface area contributed by atoms with Crippen LogP contribution < -0.4 is 16.4 Å². The third-order valence-corrected chi connectivity index (χ3v) is 6.18. The quantitative estimate of drug-likeness (QED) is 0.417. The number of nitrogens with one attached hydrogen (secondary N) is 2. The van der Waals surface area contributed by atoms with Crippen LogP contribution in [-0.2, 0) is 6.54 Å². The fraction of sp³-hybridized carbons (Fsp3) is 0.280. The molecule has 1 saturated heterocycles. The number of aliphatic imine (C=N–C) groups is 1. The Labute approximate surface area is 198 Å². The molecule has 4 rings (SSSR count). The summed E-state index contributed by atoms with van der Waals surface area (Å²) in [5.41, 5.74) is 8.85. The van der Waals surface area contributed by atoms with Gasteiger partial charge in [-0.15, -0.1) is 0 Å². The third kappa shape index (κ3) is 5.43. The first kappa shape index (κ1) is 23.0. The minimum Gasteiger partial charge on any atom is -0.383 e. The lowest BCUT2D eigenvalue weighted by atomic mass is 10.1. The van der Waals surface area contributed by atoms with Crippen molar-refractivity contribution in [2.24, 2.45) is 10.9 Å². The van der Waals surface area contributed by atoms with Gasteiger partial charge in [-0.2, -0.15) is 0 Å². The van der Waals surface area contributed by atoms with Crippen LogP contribution in [0.1, 0.15) is 30.6 Å². The second-order valence-electron chi connectivity index (χ2n) is 8.28. The van der Waals surface area contributed by atoms with Crippen molar-refractivity contribution in [2.45, 2.75) is 25.9 Å². The SMILES string of the molecule is C=C(N=Cc1nc(-c2ccccc2Cl)n(CC2CCNC2)c1N)NC(C)c1ccc(F)cc1. The molecule has 6 nitrogen and oxygen atoms in total. The van der Waals surface area contributed by atoms with Gasteiger partial charge in [0.25, 0.3) is 0 Å². The molecule has 33 heavy (non-hydrogen) atoms. The Morgan fingerprint density at radius 3 is 2.82 bits per heavy atom. The molecule has 2 unspecified atom stereocenters. The monoisotopic (exact) mass is 466 g/mol. The van der Waals surface area contributed by atoms with Gasteiger partial charge < -0.3 is 20.9 Å². The molecule has 0 saturated carbocycles. The number of halogens is 2. The topological polar surface area (TPSA) is 80.3 Å². The summed E-state index contributed by atoms with van der Waals surface area (Å²) in [6, 6.07) is 13.9. The number of imidazole rings is 1. The van der Waals surface area contributed by atoms with Crippen LogP contribution in [0.25, 0.3) is 11.4 Å². The fourth-order valence-electron chi connectivity index (χ4n) is 4.00. The lowest BCUT2D eigenvalue weighted by Gasteiger charge is -2.15. The molecule has 2 heterocycles. The number of hydrogen-bond acceptors (Lipinski definition) is 5. The van der Waals surface area contributed by atoms with Gasteiger partial charge in [0.05, 0.1) is 11.2 Å². The summed E-state index contributed by atoms with van der Waals surface area (Å²) in [6.07, 6.45) is 2.71. The Morgan fingerprint density at radius 2 is 2.12 bits per heavy atom. The smallest absolute Gasteiger partial charge is 0.143 e. The maximum atomic E-state index is 13.2. The Bertz CT molecular complexity index is 1150. The molecular weight excluding hydrogens is 439 g/mol. The summed E-state index contributed by atoms with van der Waals surface area (Å²) in [5, 5.41) is 7.22. The van der Waals surface area contributed by atoms with Gasteiger partial charge in [-0.25, -0.2) is 14.4 Å². The second kappa shape index (κ2) is 10.2. The molecule has 0 amide bonds. The predicted molar refractivity (Wildman–Crippen MR) is 133 cm³/mol. The molecule has 0 spiro atoms. The normalized spacial score (nSPS) is 16.9. The molecule has 0 bridgehead atoms. The van der Waals surface area contributed by atoms with E-state index in [4.69, 9.17) is 22.3 Å². The van der Waals surface area contributed by atoms with Gasteiger partial charge in [-0.05, 0) is 62.2 Å². The van der Waals surface area contributed by atoms with E-state index in [1.165, 1.54) is 12.1 Å². The summed E-state index contributed by atoms with van der Waals surface area (Å²) in [4.78, 5) is 9.21. The molecule has 172 valence electrons. The van der Waals surface area contributed by atoms with Crippen molar-refractivity contribution in [3.8, 4) is 11.4 Å². The van der Waals surface area contributed by atoms with Gasteiger partial charge in [-0.1, -0.05) is 42.4 Å². The summed E-state index contributed by atoms with van der Waals surface area (Å²) in [6.45, 7) is 8.65. The van der Waals surface area contributed by atoms with Gasteiger partial charge in [0.1, 0.15) is 29.0 Å². The van der Waals surface area contributed by atoms with Crippen LogP contribution in [0, 0.1) is 11.7 Å². The van der Waals surface area contributed by atoms with Crippen molar-refractivity contribution in [3.63, 3.8) is 0 Å². The Hall–Kier alpha value is -3.16.